The molecule has 12 heterocycles. The normalized spacial score (nSPS) is 13.5. The van der Waals surface area contributed by atoms with Gasteiger partial charge in [-0.1, -0.05) is 264 Å². The van der Waals surface area contributed by atoms with Gasteiger partial charge < -0.3 is 20.1 Å². The van der Waals surface area contributed by atoms with Crippen LogP contribution in [0.3, 0.4) is 0 Å². The molecule has 0 fully saturated rings. The van der Waals surface area contributed by atoms with Crippen LogP contribution in [0.1, 0.15) is 119 Å². The summed E-state index contributed by atoms with van der Waals surface area (Å²) < 4.78 is 78.3. The van der Waals surface area contributed by atoms with Gasteiger partial charge in [-0.05, 0) is 202 Å². The number of carbonyl (C=O) groups excluding carboxylic acids is 1. The van der Waals surface area contributed by atoms with Gasteiger partial charge in [0.05, 0.1) is 37.4 Å². The fourth-order valence-electron chi connectivity index (χ4n) is 22.2. The smallest absolute Gasteiger partial charge is 0.295 e. The number of nitrogens with zero attached hydrogens (tertiary/aromatic N) is 10. The first-order valence-corrected chi connectivity index (χ1v) is 49.5. The fraction of sp³-hybridized carbons (Fsp3) is 0.119. The second-order valence-corrected chi connectivity index (χ2v) is 39.1. The van der Waals surface area contributed by atoms with E-state index in [1.165, 1.54) is 213 Å². The van der Waals surface area contributed by atoms with Crippen LogP contribution in [-0.4, -0.2) is 39.4 Å². The van der Waals surface area contributed by atoms with Crippen molar-refractivity contribution in [1.82, 2.24) is 28.5 Å². The molecule has 16 aromatic carbocycles. The number of fused-ring (bicyclic) bond motifs is 20. The summed E-state index contributed by atoms with van der Waals surface area (Å²) in [5.74, 6) is 2.48. The molecule has 148 heavy (non-hydrogen) atoms. The molecule has 8 aromatic heterocycles. The van der Waals surface area contributed by atoms with Gasteiger partial charge in [-0.15, -0.1) is 107 Å². The van der Waals surface area contributed by atoms with Gasteiger partial charge in [0.2, 0.25) is 5.69 Å². The molecule has 24 aromatic rings. The maximum atomic E-state index is 10.0. The van der Waals surface area contributed by atoms with Crippen molar-refractivity contribution in [3.8, 4) is 90.4 Å². The molecular formula is C134H109Ir2N10O2+. The minimum atomic E-state index is -0.411. The summed E-state index contributed by atoms with van der Waals surface area (Å²) >= 11 is 0. The standard InChI is InChI=1S/C25H21N2.C24H17N2.C20H15N2.2C18H14N.2C12H10N.C5H8O2.2Ir/c1-15-10-11-21-20(12-15)19-9-5-8-18-13-26-14-22(27(21)25(26)24(18)19)23-16(2)6-4-7-17(23)3;1-3-11-19-17(8-1)10-7-15-21(19)26-23-14-6-5-13-22(23)25-16-18-9-2-4-12-20(18)24(25)26;1-3-9-17-15(6-1)8-5-11-19(17)22-13-12-21-14-16-7-2-4-10-18(16)20(21)22;2*1-18(2)14-8-4-3-7-13(14)17-16-12(10-11-19-17)6-5-9-15(16)18;1-2-6-11-10(5-1)9-13-8-4-3-7-12(11)13;1-10-7-8-12(13-9-10)11-5-3-2-4-6-11;1-4(6)3-5(2)7;;/h4-12,14H,13H2,1-3H3;1-15H,16H2;1-13H,14H2;2*3-6,8-11H,1-2H3;1-8H,9H2;2-5,7-9H,1H3;3,6H,1-2H3;;/q3*+1;2*-1;+1;-1;;;/i;;;;;1D,2D,3D,4D,5D,6D,7D,8D;;;;. The minimum absolute atomic E-state index is 0. The Hall–Kier alpha value is -16.4. The molecule has 14 heteroatoms. The summed E-state index contributed by atoms with van der Waals surface area (Å²) in [7, 11) is 0. The van der Waals surface area contributed by atoms with E-state index in [9.17, 15) is 4.79 Å². The molecule has 724 valence electrons. The summed E-state index contributed by atoms with van der Waals surface area (Å²) in [6.45, 7) is 23.5. The monoisotopic (exact) mass is 2280 g/mol. The first-order chi connectivity index (χ1) is 74.6. The second kappa shape index (κ2) is 40.9. The number of aliphatic hydroxyl groups excluding tert-OH is 1. The summed E-state index contributed by atoms with van der Waals surface area (Å²) in [6.07, 6.45) is 13.3. The third-order valence-electron chi connectivity index (χ3n) is 28.9. The van der Waals surface area contributed by atoms with E-state index in [1.54, 1.807) is 0 Å². The van der Waals surface area contributed by atoms with E-state index in [2.05, 4.69) is 419 Å². The van der Waals surface area contributed by atoms with Crippen LogP contribution in [0.2, 0.25) is 0 Å². The van der Waals surface area contributed by atoms with Crippen LogP contribution < -0.4 is 18.3 Å². The molecule has 0 spiro atoms. The van der Waals surface area contributed by atoms with E-state index in [-0.39, 0.29) is 117 Å². The Balaban J connectivity index is 0.000000105. The Morgan fingerprint density at radius 2 is 0.980 bits per heavy atom. The maximum absolute atomic E-state index is 10.0. The van der Waals surface area contributed by atoms with Crippen molar-refractivity contribution >= 4 is 87.2 Å². The van der Waals surface area contributed by atoms with Crippen LogP contribution in [0.15, 0.2) is 431 Å². The van der Waals surface area contributed by atoms with Crippen molar-refractivity contribution in [2.45, 2.75) is 106 Å². The zero-order chi connectivity index (χ0) is 107. The second-order valence-electron chi connectivity index (χ2n) is 39.1. The average Bonchev–Trinajstić information content (AvgIpc) is 1.28. The molecule has 0 amide bonds. The largest absolute Gasteiger partial charge is 0.512 e. The number of hydrogen-bond acceptors (Lipinski definition) is 5. The zero-order valence-corrected chi connectivity index (χ0v) is 88.4. The van der Waals surface area contributed by atoms with Gasteiger partial charge in [-0.3, -0.25) is 4.79 Å². The topological polar surface area (TPSA) is 106 Å². The van der Waals surface area contributed by atoms with E-state index >= 15 is 0 Å². The molecular weight excluding hydrogens is 2170 g/mol. The van der Waals surface area contributed by atoms with Crippen LogP contribution in [0.5, 0.6) is 0 Å². The van der Waals surface area contributed by atoms with Gasteiger partial charge in [0.15, 0.2) is 35.2 Å². The maximum Gasteiger partial charge on any atom is 0.295 e. The quantitative estimate of drug-likeness (QED) is 0.0607. The van der Waals surface area contributed by atoms with Crippen molar-refractivity contribution in [1.29, 1.82) is 0 Å². The first kappa shape index (κ1) is 88.1. The number of benzene rings is 16. The fourth-order valence-corrected chi connectivity index (χ4v) is 22.2. The van der Waals surface area contributed by atoms with Gasteiger partial charge in [0.1, 0.15) is 56.5 Å². The third-order valence-corrected chi connectivity index (χ3v) is 28.9. The Labute approximate surface area is 901 Å². The predicted molar refractivity (Wildman–Crippen MR) is 593 cm³/mol. The number of rotatable bonds is 5. The molecule has 0 saturated carbocycles. The van der Waals surface area contributed by atoms with E-state index in [0.717, 1.165) is 53.4 Å². The molecule has 4 aliphatic heterocycles. The minimum Gasteiger partial charge on any atom is -0.512 e. The Morgan fingerprint density at radius 3 is 1.64 bits per heavy atom. The molecule has 2 radical (unpaired) electrons. The number of aromatic nitrogens is 10. The summed E-state index contributed by atoms with van der Waals surface area (Å²) in [5.41, 5.74) is 34.7. The molecule has 0 saturated heterocycles. The number of allylic oxidation sites excluding steroid dienone is 2. The summed E-state index contributed by atoms with van der Waals surface area (Å²) in [5, 5.41) is 22.7. The van der Waals surface area contributed by atoms with Gasteiger partial charge in [-0.2, -0.15) is 18.1 Å². The van der Waals surface area contributed by atoms with E-state index in [4.69, 9.17) is 16.1 Å². The van der Waals surface area contributed by atoms with Crippen LogP contribution in [0.4, 0.5) is 0 Å². The molecule has 0 unspecified atom stereocenters. The van der Waals surface area contributed by atoms with Gasteiger partial charge in [-0.25, -0.2) is 13.7 Å². The van der Waals surface area contributed by atoms with Crippen molar-refractivity contribution < 1.29 is 79.3 Å². The number of pyridine rings is 5. The van der Waals surface area contributed by atoms with Gasteiger partial charge in [0.25, 0.3) is 17.3 Å². The zero-order valence-electron chi connectivity index (χ0n) is 91.6. The van der Waals surface area contributed by atoms with E-state index in [1.807, 2.05) is 68.0 Å². The van der Waals surface area contributed by atoms with Crippen LogP contribution in [-0.2, 0) is 82.0 Å². The molecule has 0 bridgehead atoms. The van der Waals surface area contributed by atoms with Crippen molar-refractivity contribution in [2.75, 3.05) is 0 Å². The van der Waals surface area contributed by atoms with Crippen LogP contribution in [0, 0.1) is 45.9 Å². The van der Waals surface area contributed by atoms with E-state index < -0.39 is 12.1 Å². The number of carbonyl (C=O) groups is 1. The predicted octanol–water partition coefficient (Wildman–Crippen LogP) is 29.1. The number of hydrogen-bond donors (Lipinski definition) is 1. The average molecular weight is 2280 g/mol. The van der Waals surface area contributed by atoms with Gasteiger partial charge >= 0.3 is 0 Å². The third kappa shape index (κ3) is 17.8. The Morgan fingerprint density at radius 1 is 0.439 bits per heavy atom. The summed E-state index contributed by atoms with van der Waals surface area (Å²) in [6, 6.07) is 126. The first-order valence-electron chi connectivity index (χ1n) is 53.5. The number of ketones is 1. The molecule has 0 atom stereocenters. The Bertz CT molecular complexity index is 9620. The molecule has 2 aliphatic carbocycles. The Kier molecular flexibility index (Phi) is 24.3. The van der Waals surface area contributed by atoms with E-state index in [0.29, 0.717) is 5.56 Å². The number of aryl methyl sites for hydroxylation is 4. The number of imidazole rings is 3. The number of para-hydroxylation sites is 2. The molecule has 12 nitrogen and oxygen atoms in total. The van der Waals surface area contributed by atoms with Crippen molar-refractivity contribution in [2.24, 2.45) is 0 Å². The van der Waals surface area contributed by atoms with Crippen molar-refractivity contribution in [3.63, 3.8) is 0 Å². The number of aliphatic hydroxyl groups is 1. The molecule has 30 rings (SSSR count). The summed E-state index contributed by atoms with van der Waals surface area (Å²) in [4.78, 5) is 23.6. The van der Waals surface area contributed by atoms with Crippen molar-refractivity contribution in [3.05, 3.63) is 516 Å². The van der Waals surface area contributed by atoms with Crippen LogP contribution >= 0.6 is 0 Å². The molecule has 6 aliphatic rings. The SMILES string of the molecule is CC(=O)C=C(C)O.CC1(C)c2ccc[c-]c2-c2nccc3cccc1c23.CC1(C)c2ccc[c-]c2-c2nccc3cccc1c23.Cc1ccc(-c2[c-]cccc2)nc1.Cc1ccc2c(c1)c1cccc3c1c1n2c(-c2c(C)cccc2C)c[n+]1C3.[2H]c1c([2H])c([2H])c2c(c1[2H])C[n+]1c([2H])c([2H])c([2H])c([2H])c1-2.[Ir].[Ir].c1ccc2c(c1)C[n+]1c-2n(-c2cccc3ccccc23)c2ccccc21.c1ccc2c(c1)C[n+]1ccn(-c3cccc4ccccc34)c1-2. The van der Waals surface area contributed by atoms with Crippen LogP contribution in [0.25, 0.3) is 172 Å². The molecule has 1 N–H and O–H groups in total. The van der Waals surface area contributed by atoms with Gasteiger partial charge in [0, 0.05) is 126 Å².